The molecule has 0 saturated carbocycles. The van der Waals surface area contributed by atoms with Crippen LogP contribution >= 0.6 is 23.5 Å². The van der Waals surface area contributed by atoms with Crippen molar-refractivity contribution in [1.29, 1.82) is 0 Å². The third-order valence-electron chi connectivity index (χ3n) is 25.2. The van der Waals surface area contributed by atoms with E-state index in [1.165, 1.54) is 107 Å². The molecule has 8 nitrogen and oxygen atoms in total. The van der Waals surface area contributed by atoms with E-state index < -0.39 is 0 Å². The van der Waals surface area contributed by atoms with E-state index >= 15 is 0 Å². The Balaban J connectivity index is 0.574. The summed E-state index contributed by atoms with van der Waals surface area (Å²) in [6.45, 7) is 2.47. The molecule has 115 heavy (non-hydrogen) atoms. The zero-order valence-corrected chi connectivity index (χ0v) is 63.6. The third kappa shape index (κ3) is 9.11. The molecule has 0 fully saturated rings. The molecule has 0 radical (unpaired) electrons. The zero-order chi connectivity index (χ0) is 75.0. The highest BCUT2D eigenvalue weighted by molar-refractivity contribution is 8.00. The number of nitrogens with zero attached hydrogens (tertiary/aromatic N) is 8. The van der Waals surface area contributed by atoms with Gasteiger partial charge in [0.15, 0.2) is 0 Å². The topological polar surface area (TPSA) is 71.3 Å². The summed E-state index contributed by atoms with van der Waals surface area (Å²) in [5.41, 5.74) is 28.0. The average molecular weight is 1500 g/mol. The molecule has 10 heteroatoms. The van der Waals surface area contributed by atoms with Crippen LogP contribution in [0.1, 0.15) is 23.6 Å². The zero-order valence-electron chi connectivity index (χ0n) is 62.0. The second kappa shape index (κ2) is 23.7. The SMILES string of the molecule is CC1(Cc2ccc3nc(-n4c5ccccc5c5cc(-c6ccc7c(c6)c6cc8ccccc8cc6n7-c6ccccc6)ccc54)nc4c3c2Sc2ccccc2-4)c2ccccc2-c2cc(-n3c4ccc(-c5ccc6c(c5)c5ccccc5n6-c5nc6c7c(cccc7n5)Sc5ccccc5-6)cc4c4cc5ccccc5cc43)ccc21. The minimum atomic E-state index is -0.385. The van der Waals surface area contributed by atoms with Crippen LogP contribution in [-0.2, 0) is 11.8 Å². The first-order valence-corrected chi connectivity index (χ1v) is 41.0. The van der Waals surface area contributed by atoms with Gasteiger partial charge in [-0.1, -0.05) is 237 Å². The van der Waals surface area contributed by atoms with Gasteiger partial charge in [0.25, 0.3) is 0 Å². The fraction of sp³-hybridized carbons (Fsp3) is 0.0286. The van der Waals surface area contributed by atoms with E-state index in [4.69, 9.17) is 19.9 Å². The number of aromatic nitrogens is 8. The second-order valence-electron chi connectivity index (χ2n) is 31.4. The maximum absolute atomic E-state index is 5.76. The van der Waals surface area contributed by atoms with Crippen LogP contribution in [0.2, 0.25) is 0 Å². The maximum Gasteiger partial charge on any atom is 0.235 e. The lowest BCUT2D eigenvalue weighted by molar-refractivity contribution is 0.578. The smallest absolute Gasteiger partial charge is 0.235 e. The largest absolute Gasteiger partial charge is 0.309 e. The lowest BCUT2D eigenvalue weighted by atomic mass is 9.75. The van der Waals surface area contributed by atoms with Gasteiger partial charge in [-0.3, -0.25) is 9.13 Å². The highest BCUT2D eigenvalue weighted by Gasteiger charge is 2.41. The molecule has 1 atom stereocenters. The van der Waals surface area contributed by atoms with Crippen LogP contribution in [0.25, 0.3) is 210 Å². The Kier molecular flexibility index (Phi) is 13.1. The van der Waals surface area contributed by atoms with Gasteiger partial charge in [-0.15, -0.1) is 0 Å². The molecule has 8 heterocycles. The normalized spacial score (nSPS) is 14.1. The lowest BCUT2D eigenvalue weighted by Gasteiger charge is -2.30. The molecule has 0 spiro atoms. The molecular formula is C105H62N8S2. The van der Waals surface area contributed by atoms with Crippen molar-refractivity contribution in [1.82, 2.24) is 38.2 Å². The van der Waals surface area contributed by atoms with Crippen LogP contribution in [0.3, 0.4) is 0 Å². The van der Waals surface area contributed by atoms with Gasteiger partial charge < -0.3 is 9.13 Å². The van der Waals surface area contributed by atoms with E-state index in [0.29, 0.717) is 11.9 Å². The van der Waals surface area contributed by atoms with Crippen LogP contribution in [-0.4, -0.2) is 38.2 Å². The van der Waals surface area contributed by atoms with Crippen molar-refractivity contribution in [2.45, 2.75) is 38.3 Å². The Bertz CT molecular complexity index is 8310. The standard InChI is InChI=1S/C105H62N8S2/c1-105(59-68-38-45-86-99-101(75-30-13-18-36-96(75)115-102(68)99)109-104(107-86)113-88-34-16-11-28-73(88)78-52-64(42-49-92(78)113)66-39-46-89-79(54-66)81-50-60-20-5-7-22-62(60)56-93(81)110(89)69-24-3-2-4-25-69)83-31-14-9-26-71(83)76-58-70(43-44-84(76)105)111-90-47-40-67(55-80(90)82-51-61-21-6-8-23-63(61)57-94(82)111)65-41-48-91-77(53-65)72-27-10-15-33-87(72)112(91)103-106-85-32-19-37-97-98(85)100(108-103)74-29-12-17-35-95(74)114-97/h2-58H,59H2,1H3. The molecule has 0 N–H and O–H groups in total. The Hall–Kier alpha value is -14.2. The molecule has 23 aromatic rings. The van der Waals surface area contributed by atoms with Crippen molar-refractivity contribution in [2.24, 2.45) is 0 Å². The van der Waals surface area contributed by atoms with E-state index in [9.17, 15) is 0 Å². The van der Waals surface area contributed by atoms with E-state index in [-0.39, 0.29) is 5.41 Å². The van der Waals surface area contributed by atoms with Crippen LogP contribution in [0, 0.1) is 0 Å². The first-order chi connectivity index (χ1) is 56.8. The summed E-state index contributed by atoms with van der Waals surface area (Å²) < 4.78 is 9.47. The summed E-state index contributed by atoms with van der Waals surface area (Å²) in [5, 5.41) is 16.6. The number of hydrogen-bond donors (Lipinski definition) is 0. The molecule has 2 aliphatic heterocycles. The lowest BCUT2D eigenvalue weighted by Crippen LogP contribution is -2.24. The van der Waals surface area contributed by atoms with Gasteiger partial charge in [0.1, 0.15) is 0 Å². The number of fused-ring (bicyclic) bond motifs is 21. The summed E-state index contributed by atoms with van der Waals surface area (Å²) in [5.74, 6) is 1.32. The van der Waals surface area contributed by atoms with Crippen LogP contribution in [0.5, 0.6) is 0 Å². The van der Waals surface area contributed by atoms with Gasteiger partial charge >= 0.3 is 0 Å². The summed E-state index contributed by atoms with van der Waals surface area (Å²) in [4.78, 5) is 27.0. The van der Waals surface area contributed by atoms with E-state index in [0.717, 1.165) is 133 Å². The van der Waals surface area contributed by atoms with Crippen molar-refractivity contribution < 1.29 is 0 Å². The van der Waals surface area contributed by atoms with Crippen molar-refractivity contribution in [3.05, 3.63) is 362 Å². The molecule has 6 aromatic heterocycles. The highest BCUT2D eigenvalue weighted by Crippen LogP contribution is 2.56. The van der Waals surface area contributed by atoms with E-state index in [2.05, 4.69) is 371 Å². The van der Waals surface area contributed by atoms with Gasteiger partial charge in [-0.05, 0) is 218 Å². The summed E-state index contributed by atoms with van der Waals surface area (Å²) in [7, 11) is 0. The molecule has 3 aliphatic rings. The number of para-hydroxylation sites is 3. The number of hydrogen-bond acceptors (Lipinski definition) is 6. The van der Waals surface area contributed by atoms with Gasteiger partial charge in [0.2, 0.25) is 11.9 Å². The van der Waals surface area contributed by atoms with E-state index in [1.807, 2.05) is 11.8 Å². The monoisotopic (exact) mass is 1500 g/mol. The minimum Gasteiger partial charge on any atom is -0.309 e. The number of benzene rings is 17. The van der Waals surface area contributed by atoms with Gasteiger partial charge in [-0.25, -0.2) is 19.9 Å². The first kappa shape index (κ1) is 63.5. The Morgan fingerprint density at radius 3 is 1.30 bits per heavy atom. The van der Waals surface area contributed by atoms with Crippen LogP contribution in [0.4, 0.5) is 0 Å². The third-order valence-corrected chi connectivity index (χ3v) is 27.6. The molecule has 0 bridgehead atoms. The van der Waals surface area contributed by atoms with Gasteiger partial charge in [-0.2, -0.15) is 0 Å². The molecule has 534 valence electrons. The van der Waals surface area contributed by atoms with Crippen molar-refractivity contribution in [3.8, 4) is 79.2 Å². The highest BCUT2D eigenvalue weighted by atomic mass is 32.2. The summed E-state index contributed by atoms with van der Waals surface area (Å²) in [6.07, 6.45) is 0.774. The van der Waals surface area contributed by atoms with Crippen molar-refractivity contribution in [3.63, 3.8) is 0 Å². The average Bonchev–Trinajstić information content (AvgIpc) is 1.69. The molecule has 1 aliphatic carbocycles. The summed E-state index contributed by atoms with van der Waals surface area (Å²) >= 11 is 3.66. The number of rotatable bonds is 8. The van der Waals surface area contributed by atoms with Crippen LogP contribution in [0.15, 0.2) is 365 Å². The maximum atomic E-state index is 5.76. The molecule has 0 amide bonds. The van der Waals surface area contributed by atoms with Crippen molar-refractivity contribution in [2.75, 3.05) is 0 Å². The van der Waals surface area contributed by atoms with Crippen molar-refractivity contribution >= 4 is 154 Å². The van der Waals surface area contributed by atoms with Crippen LogP contribution < -0.4 is 0 Å². The summed E-state index contributed by atoms with van der Waals surface area (Å²) in [6, 6.07) is 128. The molecule has 17 aromatic carbocycles. The molecule has 26 rings (SSSR count). The molecular weight excluding hydrogens is 1440 g/mol. The second-order valence-corrected chi connectivity index (χ2v) is 33.5. The first-order valence-electron chi connectivity index (χ1n) is 39.4. The Labute approximate surface area is 667 Å². The van der Waals surface area contributed by atoms with Gasteiger partial charge in [0, 0.05) is 101 Å². The fourth-order valence-electron chi connectivity index (χ4n) is 20.0. The predicted octanol–water partition coefficient (Wildman–Crippen LogP) is 27.4. The Morgan fingerprint density at radius 1 is 0.270 bits per heavy atom. The van der Waals surface area contributed by atoms with E-state index in [1.54, 1.807) is 11.8 Å². The van der Waals surface area contributed by atoms with Gasteiger partial charge in [0.05, 0.1) is 66.6 Å². The quantitative estimate of drug-likeness (QED) is 0.151. The Morgan fingerprint density at radius 2 is 0.704 bits per heavy atom. The predicted molar refractivity (Wildman–Crippen MR) is 477 cm³/mol. The molecule has 0 saturated heterocycles. The minimum absolute atomic E-state index is 0.385. The molecule has 1 unspecified atom stereocenters. The fourth-order valence-corrected chi connectivity index (χ4v) is 22.3.